The van der Waals surface area contributed by atoms with Crippen molar-refractivity contribution in [1.29, 1.82) is 0 Å². The SMILES string of the molecule is Cc1oc(C(=O)NN)cc1CN(C)CC(F)F. The van der Waals surface area contributed by atoms with Crippen LogP contribution in [0, 0.1) is 6.92 Å². The number of furan rings is 1. The maximum atomic E-state index is 12.1. The number of nitrogens with zero attached hydrogens (tertiary/aromatic N) is 1. The molecule has 0 saturated heterocycles. The zero-order valence-electron chi connectivity index (χ0n) is 9.67. The van der Waals surface area contributed by atoms with Crippen molar-refractivity contribution in [3.63, 3.8) is 0 Å². The van der Waals surface area contributed by atoms with Crippen LogP contribution in [0.2, 0.25) is 0 Å². The zero-order chi connectivity index (χ0) is 13.0. The summed E-state index contributed by atoms with van der Waals surface area (Å²) >= 11 is 0. The van der Waals surface area contributed by atoms with Crippen molar-refractivity contribution in [2.24, 2.45) is 5.84 Å². The fourth-order valence-electron chi connectivity index (χ4n) is 1.45. The van der Waals surface area contributed by atoms with Crippen LogP contribution >= 0.6 is 0 Å². The molecule has 1 aromatic rings. The minimum Gasteiger partial charge on any atom is -0.456 e. The summed E-state index contributed by atoms with van der Waals surface area (Å²) in [6.07, 6.45) is -2.39. The Morgan fingerprint density at radius 1 is 1.65 bits per heavy atom. The summed E-state index contributed by atoms with van der Waals surface area (Å²) in [6, 6.07) is 1.50. The van der Waals surface area contributed by atoms with E-state index >= 15 is 0 Å². The largest absolute Gasteiger partial charge is 0.456 e. The van der Waals surface area contributed by atoms with Crippen molar-refractivity contribution in [2.75, 3.05) is 13.6 Å². The topological polar surface area (TPSA) is 71.5 Å². The van der Waals surface area contributed by atoms with E-state index in [4.69, 9.17) is 10.3 Å². The monoisotopic (exact) mass is 247 g/mol. The highest BCUT2D eigenvalue weighted by atomic mass is 19.3. The first-order chi connectivity index (χ1) is 7.93. The molecule has 0 aliphatic heterocycles. The van der Waals surface area contributed by atoms with Crippen LogP contribution in [-0.4, -0.2) is 30.8 Å². The van der Waals surface area contributed by atoms with E-state index in [2.05, 4.69) is 0 Å². The number of rotatable bonds is 5. The van der Waals surface area contributed by atoms with Gasteiger partial charge in [-0.25, -0.2) is 14.6 Å². The molecule has 0 aliphatic rings. The quantitative estimate of drug-likeness (QED) is 0.460. The highest BCUT2D eigenvalue weighted by Crippen LogP contribution is 2.16. The lowest BCUT2D eigenvalue weighted by atomic mass is 10.2. The minimum absolute atomic E-state index is 0.0745. The van der Waals surface area contributed by atoms with Crippen molar-refractivity contribution in [1.82, 2.24) is 10.3 Å². The molecule has 0 spiro atoms. The summed E-state index contributed by atoms with van der Waals surface area (Å²) < 4.78 is 29.4. The first-order valence-corrected chi connectivity index (χ1v) is 5.01. The molecule has 0 unspecified atom stereocenters. The molecular weight excluding hydrogens is 232 g/mol. The van der Waals surface area contributed by atoms with E-state index in [0.29, 0.717) is 11.3 Å². The molecular formula is C10H15F2N3O2. The number of nitrogen functional groups attached to an aromatic ring is 1. The van der Waals surface area contributed by atoms with E-state index in [9.17, 15) is 13.6 Å². The Kier molecular flexibility index (Phi) is 4.59. The second-order valence-electron chi connectivity index (χ2n) is 3.75. The third kappa shape index (κ3) is 3.79. The van der Waals surface area contributed by atoms with Crippen molar-refractivity contribution < 1.29 is 18.0 Å². The Morgan fingerprint density at radius 3 is 2.82 bits per heavy atom. The first-order valence-electron chi connectivity index (χ1n) is 5.01. The fourth-order valence-corrected chi connectivity index (χ4v) is 1.45. The van der Waals surface area contributed by atoms with Gasteiger partial charge < -0.3 is 4.42 Å². The highest BCUT2D eigenvalue weighted by Gasteiger charge is 2.15. The maximum absolute atomic E-state index is 12.1. The van der Waals surface area contributed by atoms with Crippen molar-refractivity contribution >= 4 is 5.91 Å². The van der Waals surface area contributed by atoms with Gasteiger partial charge in [-0.15, -0.1) is 0 Å². The van der Waals surface area contributed by atoms with Crippen LogP contribution in [0.25, 0.3) is 0 Å². The molecule has 0 aliphatic carbocycles. The molecule has 0 saturated carbocycles. The molecule has 0 bridgehead atoms. The number of hydrogen-bond donors (Lipinski definition) is 2. The molecule has 0 radical (unpaired) electrons. The van der Waals surface area contributed by atoms with Gasteiger partial charge in [-0.3, -0.25) is 15.1 Å². The average Bonchev–Trinajstić information content (AvgIpc) is 2.58. The molecule has 3 N–H and O–H groups in total. The Labute approximate surface area is 97.5 Å². The van der Waals surface area contributed by atoms with Crippen LogP contribution in [-0.2, 0) is 6.54 Å². The lowest BCUT2D eigenvalue weighted by Crippen LogP contribution is -2.29. The summed E-state index contributed by atoms with van der Waals surface area (Å²) in [5.74, 6) is 5.01. The number of nitrogens with two attached hydrogens (primary N) is 1. The lowest BCUT2D eigenvalue weighted by Gasteiger charge is -2.14. The second-order valence-corrected chi connectivity index (χ2v) is 3.75. The van der Waals surface area contributed by atoms with Crippen molar-refractivity contribution in [2.45, 2.75) is 19.9 Å². The lowest BCUT2D eigenvalue weighted by molar-refractivity contribution is 0.0924. The van der Waals surface area contributed by atoms with Gasteiger partial charge >= 0.3 is 5.91 Å². The minimum atomic E-state index is -2.39. The third-order valence-electron chi connectivity index (χ3n) is 2.27. The van der Waals surface area contributed by atoms with E-state index in [1.165, 1.54) is 11.0 Å². The molecule has 0 aromatic carbocycles. The highest BCUT2D eigenvalue weighted by molar-refractivity contribution is 5.91. The van der Waals surface area contributed by atoms with Crippen LogP contribution in [0.4, 0.5) is 8.78 Å². The normalized spacial score (nSPS) is 11.2. The predicted molar refractivity (Wildman–Crippen MR) is 57.4 cm³/mol. The number of carbonyl (C=O) groups excluding carboxylic acids is 1. The van der Waals surface area contributed by atoms with Crippen LogP contribution in [0.15, 0.2) is 10.5 Å². The molecule has 1 aromatic heterocycles. The second kappa shape index (κ2) is 5.74. The van der Waals surface area contributed by atoms with E-state index in [1.807, 2.05) is 5.43 Å². The Bertz CT molecular complexity index is 393. The third-order valence-corrected chi connectivity index (χ3v) is 2.27. The van der Waals surface area contributed by atoms with Crippen molar-refractivity contribution in [3.05, 3.63) is 23.2 Å². The van der Waals surface area contributed by atoms with Crippen LogP contribution < -0.4 is 11.3 Å². The van der Waals surface area contributed by atoms with Gasteiger partial charge in [-0.1, -0.05) is 0 Å². The van der Waals surface area contributed by atoms with E-state index in [1.54, 1.807) is 14.0 Å². The van der Waals surface area contributed by atoms with Gasteiger partial charge in [0.05, 0.1) is 6.54 Å². The number of hydrazine groups is 1. The summed E-state index contributed by atoms with van der Waals surface area (Å²) in [6.45, 7) is 1.62. The van der Waals surface area contributed by atoms with Gasteiger partial charge in [0.2, 0.25) is 0 Å². The number of aryl methyl sites for hydroxylation is 1. The maximum Gasteiger partial charge on any atom is 0.300 e. The summed E-state index contributed by atoms with van der Waals surface area (Å²) in [4.78, 5) is 12.6. The molecule has 17 heavy (non-hydrogen) atoms. The van der Waals surface area contributed by atoms with Gasteiger partial charge in [0.15, 0.2) is 5.76 Å². The number of amides is 1. The molecule has 5 nitrogen and oxygen atoms in total. The van der Waals surface area contributed by atoms with Gasteiger partial charge in [0.25, 0.3) is 6.43 Å². The molecule has 1 heterocycles. The van der Waals surface area contributed by atoms with E-state index < -0.39 is 12.3 Å². The molecule has 1 amide bonds. The first kappa shape index (κ1) is 13.6. The van der Waals surface area contributed by atoms with Gasteiger partial charge in [-0.05, 0) is 20.0 Å². The van der Waals surface area contributed by atoms with Gasteiger partial charge in [0.1, 0.15) is 5.76 Å². The number of halogens is 2. The van der Waals surface area contributed by atoms with E-state index in [-0.39, 0.29) is 18.8 Å². The molecule has 0 atom stereocenters. The van der Waals surface area contributed by atoms with Crippen LogP contribution in [0.5, 0.6) is 0 Å². The summed E-state index contributed by atoms with van der Waals surface area (Å²) in [5.41, 5.74) is 2.63. The van der Waals surface area contributed by atoms with Crippen LogP contribution in [0.1, 0.15) is 21.9 Å². The predicted octanol–water partition coefficient (Wildman–Crippen LogP) is 0.888. The Balaban J connectivity index is 2.71. The molecule has 0 fully saturated rings. The fraction of sp³-hybridized carbons (Fsp3) is 0.500. The van der Waals surface area contributed by atoms with Gasteiger partial charge in [-0.2, -0.15) is 0 Å². The zero-order valence-corrected chi connectivity index (χ0v) is 9.67. The summed E-state index contributed by atoms with van der Waals surface area (Å²) in [7, 11) is 1.57. The molecule has 96 valence electrons. The molecule has 7 heteroatoms. The number of nitrogens with one attached hydrogen (secondary N) is 1. The van der Waals surface area contributed by atoms with Crippen LogP contribution in [0.3, 0.4) is 0 Å². The number of alkyl halides is 2. The average molecular weight is 247 g/mol. The smallest absolute Gasteiger partial charge is 0.300 e. The summed E-state index contributed by atoms with van der Waals surface area (Å²) in [5, 5.41) is 0. The Hall–Kier alpha value is -1.47. The van der Waals surface area contributed by atoms with E-state index in [0.717, 1.165) is 0 Å². The Morgan fingerprint density at radius 2 is 2.29 bits per heavy atom. The number of hydrogen-bond acceptors (Lipinski definition) is 4. The van der Waals surface area contributed by atoms with Gasteiger partial charge in [0, 0.05) is 12.1 Å². The van der Waals surface area contributed by atoms with Crippen molar-refractivity contribution in [3.8, 4) is 0 Å². The standard InChI is InChI=1S/C10H15F2N3O2/c1-6-7(4-15(2)5-9(11)12)3-8(17-6)10(16)14-13/h3,9H,4-5,13H2,1-2H3,(H,14,16). The number of carbonyl (C=O) groups is 1. The molecule has 1 rings (SSSR count).